The Morgan fingerprint density at radius 3 is 2.56 bits per heavy atom. The molecule has 3 nitrogen and oxygen atoms in total. The van der Waals surface area contributed by atoms with Gasteiger partial charge in [-0.1, -0.05) is 19.4 Å². The maximum Gasteiger partial charge on any atom is 0.331 e. The normalized spacial score (nSPS) is 36.8. The molecule has 4 unspecified atom stereocenters. The first-order valence-electron chi connectivity index (χ1n) is 6.97. The lowest BCUT2D eigenvalue weighted by Gasteiger charge is -2.47. The van der Waals surface area contributed by atoms with E-state index in [9.17, 15) is 9.90 Å². The highest BCUT2D eigenvalue weighted by Gasteiger charge is 2.44. The van der Waals surface area contributed by atoms with Crippen molar-refractivity contribution < 1.29 is 15.0 Å². The van der Waals surface area contributed by atoms with Crippen LogP contribution < -0.4 is 0 Å². The topological polar surface area (TPSA) is 57.5 Å². The van der Waals surface area contributed by atoms with Crippen molar-refractivity contribution in [1.29, 1.82) is 0 Å². The Bertz CT molecular complexity index is 364. The van der Waals surface area contributed by atoms with Gasteiger partial charge in [-0.2, -0.15) is 0 Å². The minimum Gasteiger partial charge on any atom is -0.478 e. The second-order valence-electron chi connectivity index (χ2n) is 6.59. The van der Waals surface area contributed by atoms with E-state index >= 15 is 0 Å². The molecule has 0 amide bonds. The molecule has 0 aromatic carbocycles. The van der Waals surface area contributed by atoms with Crippen LogP contribution in [0.5, 0.6) is 0 Å². The SMILES string of the molecule is CC1CCC(C(C)(C)O)C2C=C(C(=O)O)CCC12. The lowest BCUT2D eigenvalue weighted by atomic mass is 9.59. The van der Waals surface area contributed by atoms with Crippen LogP contribution in [0.3, 0.4) is 0 Å². The van der Waals surface area contributed by atoms with Gasteiger partial charge in [0, 0.05) is 5.57 Å². The first-order valence-corrected chi connectivity index (χ1v) is 6.97. The van der Waals surface area contributed by atoms with Gasteiger partial charge in [-0.3, -0.25) is 0 Å². The molecule has 0 aromatic heterocycles. The molecule has 2 N–H and O–H groups in total. The molecular formula is C15H24O3. The van der Waals surface area contributed by atoms with Gasteiger partial charge in [0.1, 0.15) is 0 Å². The highest BCUT2D eigenvalue weighted by atomic mass is 16.4. The summed E-state index contributed by atoms with van der Waals surface area (Å²) in [5.74, 6) is 0.807. The number of rotatable bonds is 2. The number of carbonyl (C=O) groups is 1. The lowest BCUT2D eigenvalue weighted by Crippen LogP contribution is -2.45. The largest absolute Gasteiger partial charge is 0.478 e. The summed E-state index contributed by atoms with van der Waals surface area (Å²) in [6.07, 6.45) is 5.71. The first kappa shape index (κ1) is 13.6. The minimum absolute atomic E-state index is 0.188. The maximum absolute atomic E-state index is 11.1. The Kier molecular flexibility index (Phi) is 3.54. The van der Waals surface area contributed by atoms with Gasteiger partial charge in [-0.15, -0.1) is 0 Å². The molecule has 3 heteroatoms. The fourth-order valence-electron chi connectivity index (χ4n) is 3.88. The molecule has 1 fully saturated rings. The molecule has 0 radical (unpaired) electrons. The Labute approximate surface area is 109 Å². The number of aliphatic hydroxyl groups is 1. The van der Waals surface area contributed by atoms with E-state index < -0.39 is 11.6 Å². The maximum atomic E-state index is 11.1. The number of carboxylic acid groups (broad SMARTS) is 1. The fourth-order valence-corrected chi connectivity index (χ4v) is 3.88. The van der Waals surface area contributed by atoms with Gasteiger partial charge >= 0.3 is 5.97 Å². The van der Waals surface area contributed by atoms with Crippen molar-refractivity contribution in [2.45, 2.75) is 52.1 Å². The Morgan fingerprint density at radius 2 is 2.00 bits per heavy atom. The quantitative estimate of drug-likeness (QED) is 0.794. The molecule has 102 valence electrons. The highest BCUT2D eigenvalue weighted by Crippen LogP contribution is 2.48. The van der Waals surface area contributed by atoms with Crippen molar-refractivity contribution in [1.82, 2.24) is 0 Å². The number of carboxylic acids is 1. The van der Waals surface area contributed by atoms with Crippen LogP contribution in [-0.4, -0.2) is 21.8 Å². The van der Waals surface area contributed by atoms with Crippen molar-refractivity contribution in [2.24, 2.45) is 23.7 Å². The van der Waals surface area contributed by atoms with Gasteiger partial charge in [-0.25, -0.2) is 4.79 Å². The summed E-state index contributed by atoms with van der Waals surface area (Å²) < 4.78 is 0. The highest BCUT2D eigenvalue weighted by molar-refractivity contribution is 5.86. The third-order valence-electron chi connectivity index (χ3n) is 4.95. The number of fused-ring (bicyclic) bond motifs is 1. The minimum atomic E-state index is -0.791. The number of hydrogen-bond acceptors (Lipinski definition) is 2. The summed E-state index contributed by atoms with van der Waals surface area (Å²) in [6, 6.07) is 0. The molecule has 2 aliphatic carbocycles. The number of allylic oxidation sites excluding steroid dienone is 1. The summed E-state index contributed by atoms with van der Waals surface area (Å²) in [4.78, 5) is 11.1. The summed E-state index contributed by atoms with van der Waals surface area (Å²) in [7, 11) is 0. The van der Waals surface area contributed by atoms with Gasteiger partial charge in [0.05, 0.1) is 5.60 Å². The van der Waals surface area contributed by atoms with Crippen molar-refractivity contribution >= 4 is 5.97 Å². The Hall–Kier alpha value is -0.830. The van der Waals surface area contributed by atoms with Gasteiger partial charge < -0.3 is 10.2 Å². The Balaban J connectivity index is 2.31. The average molecular weight is 252 g/mol. The fraction of sp³-hybridized carbons (Fsp3) is 0.800. The third-order valence-corrected chi connectivity index (χ3v) is 4.95. The van der Waals surface area contributed by atoms with E-state index in [0.717, 1.165) is 19.3 Å². The monoisotopic (exact) mass is 252 g/mol. The van der Waals surface area contributed by atoms with Gasteiger partial charge in [0.25, 0.3) is 0 Å². The van der Waals surface area contributed by atoms with Gasteiger partial charge in [-0.05, 0) is 56.8 Å². The van der Waals surface area contributed by atoms with Crippen LogP contribution in [0.1, 0.15) is 46.5 Å². The van der Waals surface area contributed by atoms with Crippen LogP contribution >= 0.6 is 0 Å². The second kappa shape index (κ2) is 4.69. The standard InChI is InChI=1S/C15H24O3/c1-9-4-7-13(15(2,3)18)12-8-10(14(16)17)5-6-11(9)12/h8-9,11-13,18H,4-7H2,1-3H3,(H,16,17). The van der Waals surface area contributed by atoms with Crippen LogP contribution in [0, 0.1) is 23.7 Å². The van der Waals surface area contributed by atoms with Gasteiger partial charge in [0.2, 0.25) is 0 Å². The number of aliphatic carboxylic acids is 1. The molecule has 0 saturated heterocycles. The Morgan fingerprint density at radius 1 is 1.33 bits per heavy atom. The van der Waals surface area contributed by atoms with E-state index in [1.165, 1.54) is 0 Å². The molecule has 2 aliphatic rings. The lowest BCUT2D eigenvalue weighted by molar-refractivity contribution is -0.133. The second-order valence-corrected chi connectivity index (χ2v) is 6.59. The number of hydrogen-bond donors (Lipinski definition) is 2. The van der Waals surface area contributed by atoms with Crippen molar-refractivity contribution in [3.8, 4) is 0 Å². The van der Waals surface area contributed by atoms with E-state index in [0.29, 0.717) is 23.8 Å². The molecule has 0 aromatic rings. The van der Waals surface area contributed by atoms with E-state index in [-0.39, 0.29) is 11.8 Å². The molecule has 2 rings (SSSR count). The summed E-state index contributed by atoms with van der Waals surface area (Å²) in [5, 5.41) is 19.5. The molecule has 0 bridgehead atoms. The molecular weight excluding hydrogens is 228 g/mol. The van der Waals surface area contributed by atoms with Crippen LogP contribution in [0.4, 0.5) is 0 Å². The van der Waals surface area contributed by atoms with E-state index in [4.69, 9.17) is 5.11 Å². The van der Waals surface area contributed by atoms with Crippen molar-refractivity contribution in [2.75, 3.05) is 0 Å². The third kappa shape index (κ3) is 2.46. The zero-order valence-electron chi connectivity index (χ0n) is 11.5. The first-order chi connectivity index (χ1) is 8.30. The van der Waals surface area contributed by atoms with E-state index in [1.54, 1.807) is 0 Å². The summed E-state index contributed by atoms with van der Waals surface area (Å²) in [5.41, 5.74) is -0.180. The van der Waals surface area contributed by atoms with Crippen LogP contribution in [0.25, 0.3) is 0 Å². The zero-order valence-corrected chi connectivity index (χ0v) is 11.5. The molecule has 1 saturated carbocycles. The van der Waals surface area contributed by atoms with Crippen LogP contribution in [0.2, 0.25) is 0 Å². The van der Waals surface area contributed by atoms with Crippen LogP contribution in [-0.2, 0) is 4.79 Å². The molecule has 0 heterocycles. The van der Waals surface area contributed by atoms with Gasteiger partial charge in [0.15, 0.2) is 0 Å². The van der Waals surface area contributed by atoms with E-state index in [1.807, 2.05) is 19.9 Å². The van der Waals surface area contributed by atoms with Crippen molar-refractivity contribution in [3.05, 3.63) is 11.6 Å². The molecule has 0 spiro atoms. The average Bonchev–Trinajstić information content (AvgIpc) is 2.27. The van der Waals surface area contributed by atoms with Crippen LogP contribution in [0.15, 0.2) is 11.6 Å². The summed E-state index contributed by atoms with van der Waals surface area (Å²) in [6.45, 7) is 5.97. The summed E-state index contributed by atoms with van der Waals surface area (Å²) >= 11 is 0. The smallest absolute Gasteiger partial charge is 0.331 e. The molecule has 18 heavy (non-hydrogen) atoms. The molecule has 4 atom stereocenters. The van der Waals surface area contributed by atoms with Crippen molar-refractivity contribution in [3.63, 3.8) is 0 Å². The zero-order chi connectivity index (χ0) is 13.5. The predicted octanol–water partition coefficient (Wildman–Crippen LogP) is 2.84. The van der Waals surface area contributed by atoms with E-state index in [2.05, 4.69) is 6.92 Å². The predicted molar refractivity (Wildman–Crippen MR) is 70.1 cm³/mol. The molecule has 0 aliphatic heterocycles.